The lowest BCUT2D eigenvalue weighted by Gasteiger charge is -2.34. The molecule has 1 aromatic carbocycles. The van der Waals surface area contributed by atoms with Crippen LogP contribution in [0.25, 0.3) is 0 Å². The highest BCUT2D eigenvalue weighted by molar-refractivity contribution is 5.97. The second-order valence-corrected chi connectivity index (χ2v) is 7.96. The van der Waals surface area contributed by atoms with Crippen molar-refractivity contribution in [1.29, 1.82) is 0 Å². The number of para-hydroxylation sites is 2. The third kappa shape index (κ3) is 5.10. The third-order valence-corrected chi connectivity index (χ3v) is 5.70. The Morgan fingerprint density at radius 2 is 2.23 bits per heavy atom. The maximum Gasteiger partial charge on any atom is 0.265 e. The number of guanidine groups is 1. The fraction of sp³-hybridized carbons (Fsp3) is 0.500. The maximum atomic E-state index is 12.3. The third-order valence-electron chi connectivity index (χ3n) is 5.70. The number of anilines is 2. The van der Waals surface area contributed by atoms with Crippen LogP contribution in [0.15, 0.2) is 41.7 Å². The van der Waals surface area contributed by atoms with Gasteiger partial charge >= 0.3 is 0 Å². The Balaban J connectivity index is 1.24. The van der Waals surface area contributed by atoms with E-state index in [9.17, 15) is 4.79 Å². The van der Waals surface area contributed by atoms with Crippen LogP contribution in [-0.4, -0.2) is 67.5 Å². The van der Waals surface area contributed by atoms with Gasteiger partial charge in [-0.25, -0.2) is 0 Å². The van der Waals surface area contributed by atoms with E-state index in [1.165, 1.54) is 0 Å². The molecular weight excluding hydrogens is 394 g/mol. The molecule has 1 amide bonds. The number of benzene rings is 1. The summed E-state index contributed by atoms with van der Waals surface area (Å²) in [5, 5.41) is 11.2. The fourth-order valence-electron chi connectivity index (χ4n) is 4.13. The number of piperidine rings is 1. The molecule has 2 aromatic rings. The van der Waals surface area contributed by atoms with E-state index in [2.05, 4.69) is 31.8 Å². The van der Waals surface area contributed by atoms with Gasteiger partial charge in [-0.1, -0.05) is 12.1 Å². The first-order valence-electron chi connectivity index (χ1n) is 10.9. The summed E-state index contributed by atoms with van der Waals surface area (Å²) in [4.78, 5) is 20.8. The van der Waals surface area contributed by atoms with E-state index in [1.807, 2.05) is 47.1 Å². The van der Waals surface area contributed by atoms with Gasteiger partial charge in [0.25, 0.3) is 5.91 Å². The number of ether oxygens (including phenoxy) is 1. The second kappa shape index (κ2) is 9.72. The van der Waals surface area contributed by atoms with Crippen LogP contribution in [-0.2, 0) is 11.8 Å². The molecular formula is C22H31N7O2. The van der Waals surface area contributed by atoms with Crippen molar-refractivity contribution in [2.45, 2.75) is 25.3 Å². The SMILES string of the molecule is CN=C(NCCCN1C(=O)COc2ccccc21)NC1CCCN(c2cnn(C)c2)C1. The van der Waals surface area contributed by atoms with Gasteiger partial charge in [0, 0.05) is 52.5 Å². The predicted octanol–water partition coefficient (Wildman–Crippen LogP) is 1.37. The number of nitrogens with one attached hydrogen (secondary N) is 2. The summed E-state index contributed by atoms with van der Waals surface area (Å²) >= 11 is 0. The Bertz CT molecular complexity index is 926. The molecule has 31 heavy (non-hydrogen) atoms. The minimum absolute atomic E-state index is 0.00101. The highest BCUT2D eigenvalue weighted by atomic mass is 16.5. The zero-order valence-electron chi connectivity index (χ0n) is 18.3. The number of nitrogens with zero attached hydrogens (tertiary/aromatic N) is 5. The molecule has 3 heterocycles. The quantitative estimate of drug-likeness (QED) is 0.413. The predicted molar refractivity (Wildman–Crippen MR) is 122 cm³/mol. The molecule has 4 rings (SSSR count). The molecule has 166 valence electrons. The molecule has 2 aliphatic heterocycles. The lowest BCUT2D eigenvalue weighted by molar-refractivity contribution is -0.121. The number of aliphatic imine (C=N–C) groups is 1. The van der Waals surface area contributed by atoms with Crippen LogP contribution < -0.4 is 25.2 Å². The summed E-state index contributed by atoms with van der Waals surface area (Å²) in [6.45, 7) is 3.44. The Kier molecular flexibility index (Phi) is 6.59. The number of aromatic nitrogens is 2. The Labute approximate surface area is 183 Å². The molecule has 1 aromatic heterocycles. The Hall–Kier alpha value is -3.23. The van der Waals surface area contributed by atoms with Gasteiger partial charge in [0.1, 0.15) is 5.75 Å². The first kappa shape index (κ1) is 21.0. The van der Waals surface area contributed by atoms with Crippen LogP contribution in [0.1, 0.15) is 19.3 Å². The van der Waals surface area contributed by atoms with E-state index in [1.54, 1.807) is 7.05 Å². The van der Waals surface area contributed by atoms with E-state index in [0.717, 1.165) is 62.0 Å². The van der Waals surface area contributed by atoms with Gasteiger partial charge in [-0.2, -0.15) is 5.10 Å². The maximum absolute atomic E-state index is 12.3. The first-order chi connectivity index (χ1) is 15.1. The van der Waals surface area contributed by atoms with Gasteiger partial charge in [0.05, 0.1) is 17.6 Å². The van der Waals surface area contributed by atoms with Gasteiger partial charge in [0.15, 0.2) is 12.6 Å². The molecule has 1 saturated heterocycles. The summed E-state index contributed by atoms with van der Waals surface area (Å²) in [5.41, 5.74) is 2.01. The smallest absolute Gasteiger partial charge is 0.265 e. The van der Waals surface area contributed by atoms with Gasteiger partial charge in [-0.15, -0.1) is 0 Å². The Morgan fingerprint density at radius 3 is 3.03 bits per heavy atom. The number of hydrogen-bond acceptors (Lipinski definition) is 5. The van der Waals surface area contributed by atoms with E-state index in [-0.39, 0.29) is 12.5 Å². The van der Waals surface area contributed by atoms with Crippen molar-refractivity contribution in [2.24, 2.45) is 12.0 Å². The van der Waals surface area contributed by atoms with Gasteiger partial charge in [-0.3, -0.25) is 14.5 Å². The van der Waals surface area contributed by atoms with Crippen molar-refractivity contribution < 1.29 is 9.53 Å². The molecule has 2 N–H and O–H groups in total. The summed E-state index contributed by atoms with van der Waals surface area (Å²) in [5.74, 6) is 1.56. The highest BCUT2D eigenvalue weighted by Gasteiger charge is 2.25. The number of hydrogen-bond donors (Lipinski definition) is 2. The molecule has 0 saturated carbocycles. The molecule has 1 fully saturated rings. The van der Waals surface area contributed by atoms with E-state index < -0.39 is 0 Å². The number of aryl methyl sites for hydroxylation is 1. The van der Waals surface area contributed by atoms with Gasteiger partial charge in [-0.05, 0) is 31.4 Å². The van der Waals surface area contributed by atoms with Gasteiger partial charge < -0.3 is 25.2 Å². The number of rotatable bonds is 6. The van der Waals surface area contributed by atoms with Crippen molar-refractivity contribution >= 4 is 23.2 Å². The molecule has 2 aliphatic rings. The van der Waals surface area contributed by atoms with Crippen molar-refractivity contribution in [1.82, 2.24) is 20.4 Å². The number of carbonyl (C=O) groups excluding carboxylic acids is 1. The largest absolute Gasteiger partial charge is 0.482 e. The summed E-state index contributed by atoms with van der Waals surface area (Å²) in [7, 11) is 3.73. The average molecular weight is 426 g/mol. The first-order valence-corrected chi connectivity index (χ1v) is 10.9. The summed E-state index contributed by atoms with van der Waals surface area (Å²) in [6, 6.07) is 8.00. The fourth-order valence-corrected chi connectivity index (χ4v) is 4.13. The van der Waals surface area contributed by atoms with E-state index >= 15 is 0 Å². The van der Waals surface area contributed by atoms with Crippen molar-refractivity contribution in [2.75, 3.05) is 49.6 Å². The molecule has 1 unspecified atom stereocenters. The Morgan fingerprint density at radius 1 is 1.35 bits per heavy atom. The van der Waals surface area contributed by atoms with Gasteiger partial charge in [0.2, 0.25) is 0 Å². The van der Waals surface area contributed by atoms with Crippen molar-refractivity contribution in [3.05, 3.63) is 36.7 Å². The van der Waals surface area contributed by atoms with Crippen molar-refractivity contribution in [3.8, 4) is 5.75 Å². The molecule has 0 bridgehead atoms. The van der Waals surface area contributed by atoms with E-state index in [0.29, 0.717) is 12.6 Å². The lowest BCUT2D eigenvalue weighted by atomic mass is 10.1. The minimum Gasteiger partial charge on any atom is -0.482 e. The second-order valence-electron chi connectivity index (χ2n) is 7.96. The topological polar surface area (TPSA) is 87.0 Å². The summed E-state index contributed by atoms with van der Waals surface area (Å²) < 4.78 is 7.35. The monoisotopic (exact) mass is 425 g/mol. The normalized spacial score (nSPS) is 19.1. The molecule has 9 heteroatoms. The van der Waals surface area contributed by atoms with Crippen LogP contribution in [0, 0.1) is 0 Å². The molecule has 0 aliphatic carbocycles. The zero-order valence-corrected chi connectivity index (χ0v) is 18.3. The van der Waals surface area contributed by atoms with Crippen LogP contribution in [0.2, 0.25) is 0 Å². The average Bonchev–Trinajstić information content (AvgIpc) is 3.23. The number of carbonyl (C=O) groups is 1. The molecule has 9 nitrogen and oxygen atoms in total. The number of fused-ring (bicyclic) bond motifs is 1. The number of amides is 1. The molecule has 0 radical (unpaired) electrons. The summed E-state index contributed by atoms with van der Waals surface area (Å²) in [6.07, 6.45) is 7.02. The lowest BCUT2D eigenvalue weighted by Crippen LogP contribution is -2.51. The van der Waals surface area contributed by atoms with Crippen LogP contribution in [0.3, 0.4) is 0 Å². The van der Waals surface area contributed by atoms with Crippen LogP contribution in [0.4, 0.5) is 11.4 Å². The molecule has 0 spiro atoms. The highest BCUT2D eigenvalue weighted by Crippen LogP contribution is 2.31. The van der Waals surface area contributed by atoms with Crippen molar-refractivity contribution in [3.63, 3.8) is 0 Å². The standard InChI is InChI=1S/C22H31N7O2/c1-23-22(26-17-7-5-11-28(14-17)18-13-25-27(2)15-18)24-10-6-12-29-19-8-3-4-9-20(19)31-16-21(29)30/h3-4,8-9,13,15,17H,5-7,10-12,14,16H2,1-2H3,(H2,23,24,26). The zero-order chi connectivity index (χ0) is 21.6. The van der Waals surface area contributed by atoms with Crippen LogP contribution >= 0.6 is 0 Å². The molecule has 1 atom stereocenters. The van der Waals surface area contributed by atoms with Crippen LogP contribution in [0.5, 0.6) is 5.75 Å². The van der Waals surface area contributed by atoms with E-state index in [4.69, 9.17) is 4.74 Å². The minimum atomic E-state index is -0.00101.